The second kappa shape index (κ2) is 6.50. The fraction of sp³-hybridized carbons (Fsp3) is 0.0526. The zero-order valence-corrected chi connectivity index (χ0v) is 15.7. The predicted octanol–water partition coefficient (Wildman–Crippen LogP) is 5.83. The van der Waals surface area contributed by atoms with Crippen molar-refractivity contribution in [3.8, 4) is 0 Å². The molecule has 0 aliphatic rings. The maximum atomic E-state index is 12.5. The van der Waals surface area contributed by atoms with E-state index in [-0.39, 0.29) is 5.75 Å². The van der Waals surface area contributed by atoms with Gasteiger partial charge in [0, 0.05) is 16.8 Å². The normalized spacial score (nSPS) is 11.9. The lowest BCUT2D eigenvalue weighted by molar-refractivity contribution is 0.600. The van der Waals surface area contributed by atoms with Gasteiger partial charge in [-0.15, -0.1) is 0 Å². The van der Waals surface area contributed by atoms with Crippen LogP contribution in [-0.4, -0.2) is 8.42 Å². The molecular formula is C19H13Cl2NO3S. The van der Waals surface area contributed by atoms with Crippen LogP contribution < -0.4 is 4.72 Å². The van der Waals surface area contributed by atoms with Gasteiger partial charge in [-0.3, -0.25) is 4.72 Å². The summed E-state index contributed by atoms with van der Waals surface area (Å²) in [4.78, 5) is 0. The fourth-order valence-electron chi connectivity index (χ4n) is 2.85. The Morgan fingerprint density at radius 2 is 1.62 bits per heavy atom. The van der Waals surface area contributed by atoms with Crippen molar-refractivity contribution >= 4 is 60.9 Å². The van der Waals surface area contributed by atoms with Gasteiger partial charge in [-0.25, -0.2) is 8.42 Å². The highest BCUT2D eigenvalue weighted by atomic mass is 35.5. The number of hydrogen-bond donors (Lipinski definition) is 1. The summed E-state index contributed by atoms with van der Waals surface area (Å²) in [6, 6.07) is 17.7. The summed E-state index contributed by atoms with van der Waals surface area (Å²) >= 11 is 11.8. The average Bonchev–Trinajstić information content (AvgIpc) is 2.95. The number of furan rings is 1. The third-order valence-corrected chi connectivity index (χ3v) is 5.99. The Labute approximate surface area is 160 Å². The summed E-state index contributed by atoms with van der Waals surface area (Å²) in [6.45, 7) is 0. The maximum Gasteiger partial charge on any atom is 0.236 e. The Hall–Kier alpha value is -2.21. The van der Waals surface area contributed by atoms with E-state index in [4.69, 9.17) is 27.6 Å². The second-order valence-corrected chi connectivity index (χ2v) is 8.46. The van der Waals surface area contributed by atoms with Crippen LogP contribution >= 0.6 is 23.2 Å². The molecule has 0 atom stereocenters. The largest absolute Gasteiger partial charge is 0.456 e. The first-order valence-electron chi connectivity index (χ1n) is 7.77. The second-order valence-electron chi connectivity index (χ2n) is 5.92. The maximum absolute atomic E-state index is 12.5. The zero-order valence-electron chi connectivity index (χ0n) is 13.4. The Morgan fingerprint density at radius 3 is 2.42 bits per heavy atom. The van der Waals surface area contributed by atoms with Crippen molar-refractivity contribution in [2.45, 2.75) is 5.75 Å². The van der Waals surface area contributed by atoms with Crippen LogP contribution in [0.5, 0.6) is 0 Å². The van der Waals surface area contributed by atoms with Gasteiger partial charge in [-0.2, -0.15) is 0 Å². The van der Waals surface area contributed by atoms with E-state index in [0.717, 1.165) is 16.4 Å². The lowest BCUT2D eigenvalue weighted by Gasteiger charge is -2.09. The molecular weight excluding hydrogens is 393 g/mol. The third kappa shape index (κ3) is 3.38. The van der Waals surface area contributed by atoms with Crippen LogP contribution in [0.4, 0.5) is 5.69 Å². The summed E-state index contributed by atoms with van der Waals surface area (Å²) in [6.07, 6.45) is 0. The SMILES string of the molecule is O=S(=O)(Cc1ccc(Cl)c(Cl)c1)Nc1ccc2c(c1)oc1ccccc12. The Kier molecular flexibility index (Phi) is 4.31. The predicted molar refractivity (Wildman–Crippen MR) is 106 cm³/mol. The van der Waals surface area contributed by atoms with E-state index in [0.29, 0.717) is 26.9 Å². The molecule has 132 valence electrons. The molecule has 4 nitrogen and oxygen atoms in total. The molecule has 0 fully saturated rings. The van der Waals surface area contributed by atoms with Crippen molar-refractivity contribution < 1.29 is 12.8 Å². The van der Waals surface area contributed by atoms with Gasteiger partial charge in [0.05, 0.1) is 21.5 Å². The minimum Gasteiger partial charge on any atom is -0.456 e. The van der Waals surface area contributed by atoms with Crippen LogP contribution in [0.2, 0.25) is 10.0 Å². The highest BCUT2D eigenvalue weighted by Gasteiger charge is 2.14. The van der Waals surface area contributed by atoms with E-state index in [1.54, 1.807) is 30.3 Å². The number of nitrogens with one attached hydrogen (secondary N) is 1. The minimum atomic E-state index is -3.61. The number of sulfonamides is 1. The van der Waals surface area contributed by atoms with Gasteiger partial charge in [-0.1, -0.05) is 47.5 Å². The number of halogens is 2. The molecule has 1 N–H and O–H groups in total. The summed E-state index contributed by atoms with van der Waals surface area (Å²) < 4.78 is 33.3. The third-order valence-electron chi connectivity index (χ3n) is 3.99. The highest BCUT2D eigenvalue weighted by molar-refractivity contribution is 7.91. The molecule has 1 heterocycles. The molecule has 0 bridgehead atoms. The Morgan fingerprint density at radius 1 is 0.846 bits per heavy atom. The van der Waals surface area contributed by atoms with E-state index in [1.807, 2.05) is 30.3 Å². The van der Waals surface area contributed by atoms with Crippen LogP contribution in [0.25, 0.3) is 21.9 Å². The molecule has 0 spiro atoms. The van der Waals surface area contributed by atoms with Crippen molar-refractivity contribution in [3.05, 3.63) is 76.3 Å². The zero-order chi connectivity index (χ0) is 18.3. The number of rotatable bonds is 4. The van der Waals surface area contributed by atoms with Crippen LogP contribution in [0.15, 0.2) is 65.1 Å². The first-order chi connectivity index (χ1) is 12.4. The lowest BCUT2D eigenvalue weighted by Crippen LogP contribution is -2.15. The molecule has 0 unspecified atom stereocenters. The number of hydrogen-bond acceptors (Lipinski definition) is 3. The molecule has 4 rings (SSSR count). The topological polar surface area (TPSA) is 59.3 Å². The molecule has 0 saturated carbocycles. The van der Waals surface area contributed by atoms with Gasteiger partial charge in [0.1, 0.15) is 11.2 Å². The van der Waals surface area contributed by atoms with Crippen molar-refractivity contribution in [1.29, 1.82) is 0 Å². The van der Waals surface area contributed by atoms with E-state index < -0.39 is 10.0 Å². The number of para-hydroxylation sites is 1. The van der Waals surface area contributed by atoms with Crippen LogP contribution in [0.3, 0.4) is 0 Å². The summed E-state index contributed by atoms with van der Waals surface area (Å²) in [5.74, 6) is -0.206. The summed E-state index contributed by atoms with van der Waals surface area (Å²) in [7, 11) is -3.61. The molecule has 26 heavy (non-hydrogen) atoms. The van der Waals surface area contributed by atoms with Crippen LogP contribution in [0.1, 0.15) is 5.56 Å². The lowest BCUT2D eigenvalue weighted by atomic mass is 10.1. The minimum absolute atomic E-state index is 0.206. The first-order valence-corrected chi connectivity index (χ1v) is 10.2. The molecule has 7 heteroatoms. The van der Waals surface area contributed by atoms with Crippen molar-refractivity contribution in [3.63, 3.8) is 0 Å². The monoisotopic (exact) mass is 405 g/mol. The van der Waals surface area contributed by atoms with Gasteiger partial charge >= 0.3 is 0 Å². The summed E-state index contributed by atoms with van der Waals surface area (Å²) in [5.41, 5.74) is 2.38. The van der Waals surface area contributed by atoms with E-state index in [1.165, 1.54) is 0 Å². The van der Waals surface area contributed by atoms with Crippen molar-refractivity contribution in [2.75, 3.05) is 4.72 Å². The smallest absolute Gasteiger partial charge is 0.236 e. The quantitative estimate of drug-likeness (QED) is 0.464. The Bertz CT molecular complexity index is 1230. The molecule has 0 saturated heterocycles. The van der Waals surface area contributed by atoms with Crippen LogP contribution in [-0.2, 0) is 15.8 Å². The van der Waals surface area contributed by atoms with Crippen LogP contribution in [0, 0.1) is 0 Å². The van der Waals surface area contributed by atoms with Crippen molar-refractivity contribution in [2.24, 2.45) is 0 Å². The van der Waals surface area contributed by atoms with Gasteiger partial charge in [0.2, 0.25) is 10.0 Å². The standard InChI is InChI=1S/C19H13Cl2NO3S/c20-16-8-5-12(9-17(16)21)11-26(23,24)22-13-6-7-15-14-3-1-2-4-18(14)25-19(15)10-13/h1-10,22H,11H2. The average molecular weight is 406 g/mol. The van der Waals surface area contributed by atoms with Gasteiger partial charge < -0.3 is 4.42 Å². The summed E-state index contributed by atoms with van der Waals surface area (Å²) in [5, 5.41) is 2.64. The molecule has 1 aromatic heterocycles. The molecule has 0 aliphatic heterocycles. The van der Waals surface area contributed by atoms with Gasteiger partial charge in [0.25, 0.3) is 0 Å². The van der Waals surface area contributed by atoms with E-state index >= 15 is 0 Å². The van der Waals surface area contributed by atoms with Crippen molar-refractivity contribution in [1.82, 2.24) is 0 Å². The van der Waals surface area contributed by atoms with Gasteiger partial charge in [-0.05, 0) is 35.9 Å². The number of benzene rings is 3. The number of fused-ring (bicyclic) bond motifs is 3. The number of anilines is 1. The molecule has 0 amide bonds. The fourth-order valence-corrected chi connectivity index (χ4v) is 4.35. The molecule has 4 aromatic rings. The van der Waals surface area contributed by atoms with E-state index in [9.17, 15) is 8.42 Å². The van der Waals surface area contributed by atoms with E-state index in [2.05, 4.69) is 4.72 Å². The molecule has 3 aromatic carbocycles. The van der Waals surface area contributed by atoms with Gasteiger partial charge in [0.15, 0.2) is 0 Å². The first kappa shape index (κ1) is 17.2. The molecule has 0 radical (unpaired) electrons. The Balaban J connectivity index is 1.62. The molecule has 0 aliphatic carbocycles. The highest BCUT2D eigenvalue weighted by Crippen LogP contribution is 2.31.